The summed E-state index contributed by atoms with van der Waals surface area (Å²) in [5, 5.41) is 35.8. The van der Waals surface area contributed by atoms with E-state index in [-0.39, 0.29) is 69.2 Å². The molecule has 0 radical (unpaired) electrons. The van der Waals surface area contributed by atoms with Crippen molar-refractivity contribution >= 4 is 78.5 Å². The summed E-state index contributed by atoms with van der Waals surface area (Å²) in [6.45, 7) is 6.97. The molecule has 3 heterocycles. The Balaban J connectivity index is 1.81. The average molecular weight is 969 g/mol. The first-order chi connectivity index (χ1) is 31.2. The number of aromatic nitrogens is 2. The SMILES string of the molecule is CC(C)C[C@H](NC(=O)[C@@H]1CCCN1C(=O)[C@H](Cc1cnc[nH]1)NC(=O)[C@@H](NC(=O)[C@H](CCCCN)NC(=O)[C@@H]1CCCN1C(=O)[C@H](C)NC(=O)[C@@H](N)CS)[C@@H](C)O)C(=O)N[C@@H](CS)C(=O)O. The maximum atomic E-state index is 14.4. The molecule has 10 atom stereocenters. The van der Waals surface area contributed by atoms with Crippen LogP contribution in [0.4, 0.5) is 0 Å². The number of aliphatic hydroxyl groups is 1. The molecule has 0 aromatic carbocycles. The number of aliphatic hydroxyl groups excluding tert-OH is 1. The summed E-state index contributed by atoms with van der Waals surface area (Å²) in [5.41, 5.74) is 11.9. The molecule has 2 saturated heterocycles. The lowest BCUT2D eigenvalue weighted by Crippen LogP contribution is -2.62. The van der Waals surface area contributed by atoms with E-state index >= 15 is 0 Å². The fourth-order valence-electron chi connectivity index (χ4n) is 7.72. The lowest BCUT2D eigenvalue weighted by atomic mass is 10.0. The zero-order valence-electron chi connectivity index (χ0n) is 37.9. The molecule has 0 spiro atoms. The van der Waals surface area contributed by atoms with Crippen molar-refractivity contribution in [2.45, 2.75) is 146 Å². The number of nitrogens with two attached hydrogens (primary N) is 2. The van der Waals surface area contributed by atoms with Gasteiger partial charge in [-0.3, -0.25) is 38.4 Å². The Kier molecular flexibility index (Phi) is 22.6. The van der Waals surface area contributed by atoms with Crippen molar-refractivity contribution in [1.82, 2.24) is 51.7 Å². The van der Waals surface area contributed by atoms with Gasteiger partial charge in [0, 0.05) is 42.9 Å². The van der Waals surface area contributed by atoms with Crippen molar-refractivity contribution < 1.29 is 53.4 Å². The molecule has 2 aliphatic rings. The Morgan fingerprint density at radius 2 is 1.33 bits per heavy atom. The maximum Gasteiger partial charge on any atom is 0.327 e. The first-order valence-corrected chi connectivity index (χ1v) is 23.5. The van der Waals surface area contributed by atoms with Crippen LogP contribution in [0.5, 0.6) is 0 Å². The van der Waals surface area contributed by atoms with Gasteiger partial charge in [-0.05, 0) is 77.7 Å². The topological polar surface area (TPSA) is 353 Å². The number of carbonyl (C=O) groups is 9. The van der Waals surface area contributed by atoms with Crippen LogP contribution in [0.15, 0.2) is 12.5 Å². The summed E-state index contributed by atoms with van der Waals surface area (Å²) >= 11 is 8.01. The Morgan fingerprint density at radius 3 is 1.85 bits per heavy atom. The van der Waals surface area contributed by atoms with E-state index in [2.05, 4.69) is 67.1 Å². The molecule has 2 fully saturated rings. The van der Waals surface area contributed by atoms with E-state index in [1.165, 1.54) is 36.2 Å². The molecule has 66 heavy (non-hydrogen) atoms. The van der Waals surface area contributed by atoms with E-state index in [1.54, 1.807) is 0 Å². The Labute approximate surface area is 395 Å². The third kappa shape index (κ3) is 16.1. The first-order valence-electron chi connectivity index (χ1n) is 22.2. The number of rotatable bonds is 26. The molecule has 8 amide bonds. The molecule has 1 aromatic rings. The molecular formula is C41H68N12O11S2. The minimum Gasteiger partial charge on any atom is -0.480 e. The second-order valence-corrected chi connectivity index (χ2v) is 17.8. The van der Waals surface area contributed by atoms with Crippen LogP contribution in [0.1, 0.15) is 84.8 Å². The molecule has 0 aliphatic carbocycles. The molecule has 2 aliphatic heterocycles. The number of thiol groups is 2. The number of imidazole rings is 1. The van der Waals surface area contributed by atoms with Crippen molar-refractivity contribution in [3.8, 4) is 0 Å². The number of nitrogens with zero attached hydrogens (tertiary/aromatic N) is 3. The van der Waals surface area contributed by atoms with E-state index in [4.69, 9.17) is 11.5 Å². The zero-order valence-corrected chi connectivity index (χ0v) is 39.7. The molecule has 25 heteroatoms. The van der Waals surface area contributed by atoms with Gasteiger partial charge in [0.2, 0.25) is 47.3 Å². The van der Waals surface area contributed by atoms with Crippen LogP contribution in [0.25, 0.3) is 0 Å². The molecule has 13 N–H and O–H groups in total. The molecule has 0 saturated carbocycles. The Hall–Kier alpha value is -4.98. The van der Waals surface area contributed by atoms with Crippen LogP contribution in [-0.4, -0.2) is 175 Å². The van der Waals surface area contributed by atoms with E-state index < -0.39 is 114 Å². The molecule has 0 unspecified atom stereocenters. The number of amides is 8. The van der Waals surface area contributed by atoms with Gasteiger partial charge in [-0.1, -0.05) is 13.8 Å². The van der Waals surface area contributed by atoms with Crippen LogP contribution in [0.3, 0.4) is 0 Å². The summed E-state index contributed by atoms with van der Waals surface area (Å²) in [4.78, 5) is 130. The highest BCUT2D eigenvalue weighted by Gasteiger charge is 2.42. The van der Waals surface area contributed by atoms with Gasteiger partial charge >= 0.3 is 5.97 Å². The van der Waals surface area contributed by atoms with Gasteiger partial charge < -0.3 is 68.4 Å². The Morgan fingerprint density at radius 1 is 0.758 bits per heavy atom. The van der Waals surface area contributed by atoms with E-state index in [1.807, 2.05) is 13.8 Å². The van der Waals surface area contributed by atoms with Crippen molar-refractivity contribution in [3.05, 3.63) is 18.2 Å². The quantitative estimate of drug-likeness (QED) is 0.0320. The fourth-order valence-corrected chi connectivity index (χ4v) is 8.13. The summed E-state index contributed by atoms with van der Waals surface area (Å²) in [7, 11) is 0. The summed E-state index contributed by atoms with van der Waals surface area (Å²) in [6, 6.07) is -10.7. The predicted octanol–water partition coefficient (Wildman–Crippen LogP) is -3.31. The van der Waals surface area contributed by atoms with Gasteiger partial charge in [-0.25, -0.2) is 9.78 Å². The van der Waals surface area contributed by atoms with E-state index in [0.29, 0.717) is 31.4 Å². The highest BCUT2D eigenvalue weighted by atomic mass is 32.1. The number of carbonyl (C=O) groups excluding carboxylic acids is 8. The number of aliphatic carboxylic acids is 1. The number of likely N-dealkylation sites (tertiary alicyclic amines) is 2. The molecular weight excluding hydrogens is 901 g/mol. The smallest absolute Gasteiger partial charge is 0.327 e. The van der Waals surface area contributed by atoms with Gasteiger partial charge in [0.25, 0.3) is 0 Å². The molecule has 0 bridgehead atoms. The molecule has 370 valence electrons. The summed E-state index contributed by atoms with van der Waals surface area (Å²) < 4.78 is 0. The van der Waals surface area contributed by atoms with Crippen LogP contribution >= 0.6 is 25.3 Å². The van der Waals surface area contributed by atoms with Gasteiger partial charge in [-0.15, -0.1) is 0 Å². The lowest BCUT2D eigenvalue weighted by molar-refractivity contribution is -0.143. The fraction of sp³-hybridized carbons (Fsp3) is 0.707. The standard InChI is InChI=1S/C41H68N12O11S2/c1-21(2)15-27(35(57)50-29(19-66)41(63)64)48-37(59)31-11-8-14-53(31)40(62)28(16-24-17-44-20-45-24)49-38(60)32(23(4)54)51-34(56)26(9-5-6-12-42)47-36(58)30-10-7-13-52(30)39(61)22(3)46-33(55)25(43)18-65/h17,20-23,25-32,54,65-66H,5-16,18-19,42-43H2,1-4H3,(H,44,45)(H,46,55)(H,47,58)(H,48,59)(H,49,60)(H,50,57)(H,51,56)(H,63,64)/t22-,23+,25-,26-,27-,28-,29-,30-,31-,32-/m0/s1. The van der Waals surface area contributed by atoms with Crippen molar-refractivity contribution in [1.29, 1.82) is 0 Å². The largest absolute Gasteiger partial charge is 0.480 e. The molecule has 23 nitrogen and oxygen atoms in total. The highest BCUT2D eigenvalue weighted by molar-refractivity contribution is 7.80. The monoisotopic (exact) mass is 968 g/mol. The number of nitrogens with one attached hydrogen (secondary N) is 7. The van der Waals surface area contributed by atoms with E-state index in [9.17, 15) is 53.4 Å². The second-order valence-electron chi connectivity index (χ2n) is 17.1. The molecule has 3 rings (SSSR count). The number of unbranched alkanes of at least 4 members (excludes halogenated alkanes) is 1. The average Bonchev–Trinajstić information content (AvgIpc) is 4.08. The summed E-state index contributed by atoms with van der Waals surface area (Å²) in [5.74, 6) is -7.17. The van der Waals surface area contributed by atoms with Gasteiger partial charge in [0.15, 0.2) is 0 Å². The first kappa shape index (κ1) is 55.3. The van der Waals surface area contributed by atoms with Gasteiger partial charge in [0.1, 0.15) is 48.3 Å². The van der Waals surface area contributed by atoms with Crippen LogP contribution in [-0.2, 0) is 49.6 Å². The van der Waals surface area contributed by atoms with E-state index in [0.717, 1.165) is 0 Å². The highest BCUT2D eigenvalue weighted by Crippen LogP contribution is 2.22. The lowest BCUT2D eigenvalue weighted by Gasteiger charge is -2.31. The second kappa shape index (κ2) is 27.0. The normalized spacial score (nSPS) is 19.6. The number of carboxylic acids is 1. The minimum absolute atomic E-state index is 0.0525. The predicted molar refractivity (Wildman–Crippen MR) is 246 cm³/mol. The van der Waals surface area contributed by atoms with Crippen LogP contribution < -0.4 is 43.4 Å². The van der Waals surface area contributed by atoms with Crippen LogP contribution in [0, 0.1) is 5.92 Å². The number of hydrogen-bond donors (Lipinski definition) is 13. The molecule has 1 aromatic heterocycles. The minimum atomic E-state index is -1.65. The zero-order chi connectivity index (χ0) is 49.2. The number of carboxylic acid groups (broad SMARTS) is 1. The third-order valence-corrected chi connectivity index (χ3v) is 12.1. The summed E-state index contributed by atoms with van der Waals surface area (Å²) in [6.07, 6.45) is 3.58. The van der Waals surface area contributed by atoms with Gasteiger partial charge in [0.05, 0.1) is 18.5 Å². The Bertz CT molecular complexity index is 1840. The van der Waals surface area contributed by atoms with Crippen molar-refractivity contribution in [2.24, 2.45) is 17.4 Å². The van der Waals surface area contributed by atoms with Crippen LogP contribution in [0.2, 0.25) is 0 Å². The van der Waals surface area contributed by atoms with Crippen molar-refractivity contribution in [2.75, 3.05) is 31.1 Å². The van der Waals surface area contributed by atoms with Crippen molar-refractivity contribution in [3.63, 3.8) is 0 Å². The third-order valence-electron chi connectivity index (χ3n) is 11.3. The number of hydrogen-bond acceptors (Lipinski definition) is 15. The number of H-pyrrole nitrogens is 1. The maximum absolute atomic E-state index is 14.4. The number of aromatic amines is 1. The van der Waals surface area contributed by atoms with Gasteiger partial charge in [-0.2, -0.15) is 25.3 Å².